The van der Waals surface area contributed by atoms with Crippen LogP contribution in [0.4, 0.5) is 0 Å². The van der Waals surface area contributed by atoms with Crippen molar-refractivity contribution in [1.82, 2.24) is 15.2 Å². The molecule has 2 amide bonds. The average molecular weight is 506 g/mol. The van der Waals surface area contributed by atoms with E-state index in [1.165, 1.54) is 0 Å². The van der Waals surface area contributed by atoms with Gasteiger partial charge in [-0.3, -0.25) is 19.5 Å². The van der Waals surface area contributed by atoms with Gasteiger partial charge in [0.1, 0.15) is 11.4 Å². The summed E-state index contributed by atoms with van der Waals surface area (Å²) in [5.74, 6) is 1.21. The number of aromatic nitrogens is 1. The number of ether oxygens (including phenoxy) is 1. The molecule has 37 heavy (non-hydrogen) atoms. The van der Waals surface area contributed by atoms with E-state index in [2.05, 4.69) is 15.3 Å². The number of amides is 2. The van der Waals surface area contributed by atoms with Gasteiger partial charge in [-0.05, 0) is 57.2 Å². The minimum absolute atomic E-state index is 0.0161. The molecule has 2 aliphatic heterocycles. The number of benzene rings is 1. The molecule has 8 heteroatoms. The van der Waals surface area contributed by atoms with E-state index < -0.39 is 0 Å². The second kappa shape index (κ2) is 10.9. The smallest absolute Gasteiger partial charge is 0.231 e. The summed E-state index contributed by atoms with van der Waals surface area (Å²) in [4.78, 5) is 35.8. The van der Waals surface area contributed by atoms with Gasteiger partial charge < -0.3 is 15.8 Å². The third kappa shape index (κ3) is 6.29. The highest BCUT2D eigenvalue weighted by molar-refractivity contribution is 5.99. The van der Waals surface area contributed by atoms with Crippen molar-refractivity contribution in [3.05, 3.63) is 60.4 Å². The van der Waals surface area contributed by atoms with Gasteiger partial charge in [0.25, 0.3) is 0 Å². The van der Waals surface area contributed by atoms with E-state index in [9.17, 15) is 9.59 Å². The van der Waals surface area contributed by atoms with Crippen LogP contribution in [0.1, 0.15) is 71.4 Å². The molecule has 0 spiro atoms. The maximum atomic E-state index is 13.0. The summed E-state index contributed by atoms with van der Waals surface area (Å²) >= 11 is 0. The molecule has 8 nitrogen and oxygen atoms in total. The number of fused-ring (bicyclic) bond motifs is 1. The Hall–Kier alpha value is -3.42. The topological polar surface area (TPSA) is 110 Å². The Balaban J connectivity index is 0.000000469. The zero-order valence-corrected chi connectivity index (χ0v) is 22.3. The normalized spacial score (nSPS) is 25.0. The lowest BCUT2D eigenvalue weighted by Crippen LogP contribution is -2.52. The lowest BCUT2D eigenvalue weighted by molar-refractivity contribution is -0.130. The number of nitrogens with two attached hydrogens (primary N) is 1. The largest absolute Gasteiger partial charge is 0.487 e. The first kappa shape index (κ1) is 26.6. The molecule has 3 unspecified atom stereocenters. The quantitative estimate of drug-likeness (QED) is 0.611. The first-order chi connectivity index (χ1) is 17.7. The van der Waals surface area contributed by atoms with Crippen LogP contribution in [0.25, 0.3) is 0 Å². The van der Waals surface area contributed by atoms with Crippen LogP contribution in [0.5, 0.6) is 5.75 Å². The van der Waals surface area contributed by atoms with Gasteiger partial charge in [0.05, 0.1) is 18.0 Å². The van der Waals surface area contributed by atoms with E-state index in [4.69, 9.17) is 10.5 Å². The van der Waals surface area contributed by atoms with Crippen LogP contribution in [0.15, 0.2) is 59.9 Å². The van der Waals surface area contributed by atoms with Crippen molar-refractivity contribution >= 4 is 17.8 Å². The van der Waals surface area contributed by atoms with E-state index in [-0.39, 0.29) is 40.8 Å². The van der Waals surface area contributed by atoms with Crippen molar-refractivity contribution < 1.29 is 14.3 Å². The molecular weight excluding hydrogens is 466 g/mol. The van der Waals surface area contributed by atoms with E-state index in [0.29, 0.717) is 25.3 Å². The molecule has 1 saturated carbocycles. The van der Waals surface area contributed by atoms with Gasteiger partial charge in [0.2, 0.25) is 11.8 Å². The highest BCUT2D eigenvalue weighted by Gasteiger charge is 2.47. The number of hydrogen-bond donors (Lipinski definition) is 2. The lowest BCUT2D eigenvalue weighted by atomic mass is 9.88. The maximum absolute atomic E-state index is 13.0. The van der Waals surface area contributed by atoms with Crippen LogP contribution in [0.3, 0.4) is 0 Å². The van der Waals surface area contributed by atoms with Gasteiger partial charge in [-0.2, -0.15) is 0 Å². The third-order valence-corrected chi connectivity index (χ3v) is 7.66. The molecule has 3 heterocycles. The van der Waals surface area contributed by atoms with Crippen molar-refractivity contribution in [3.8, 4) is 5.75 Å². The summed E-state index contributed by atoms with van der Waals surface area (Å²) in [5, 5.41) is 3.23. The molecule has 2 aromatic rings. The van der Waals surface area contributed by atoms with Crippen molar-refractivity contribution in [1.29, 1.82) is 0 Å². The van der Waals surface area contributed by atoms with Crippen LogP contribution in [0.2, 0.25) is 0 Å². The molecule has 1 aromatic carbocycles. The Morgan fingerprint density at radius 3 is 2.43 bits per heavy atom. The number of hydrogen-bond acceptors (Lipinski definition) is 6. The number of nitrogens with zero attached hydrogens (tertiary/aromatic N) is 3. The van der Waals surface area contributed by atoms with Crippen molar-refractivity contribution in [2.45, 2.75) is 77.0 Å². The summed E-state index contributed by atoms with van der Waals surface area (Å²) in [6.07, 6.45) is 6.96. The summed E-state index contributed by atoms with van der Waals surface area (Å²) < 4.78 is 6.07. The highest BCUT2D eigenvalue weighted by atomic mass is 16.5. The van der Waals surface area contributed by atoms with E-state index in [1.54, 1.807) is 17.3 Å². The van der Waals surface area contributed by atoms with Crippen LogP contribution in [-0.4, -0.2) is 45.3 Å². The lowest BCUT2D eigenvalue weighted by Gasteiger charge is -2.38. The standard InChI is InChI=1S/C24H34N4O3.C5H5N/c1-5-24(6-2)13-20(29)28(22(25)27-24)14-15-11-17(15)21(30)26-18-12-23(3,4)31-19-10-8-7-9-16(18)19;1-2-4-6-5-3-1/h7-10,15,17-18H,5-6,11-14H2,1-4H3,(H2,25,27)(H,26,30);1-5H. The maximum Gasteiger partial charge on any atom is 0.231 e. The molecule has 1 aromatic heterocycles. The number of guanidine groups is 1. The second-order valence-electron chi connectivity index (χ2n) is 10.9. The van der Waals surface area contributed by atoms with Gasteiger partial charge in [-0.25, -0.2) is 4.99 Å². The summed E-state index contributed by atoms with van der Waals surface area (Å²) in [7, 11) is 0. The molecule has 3 N–H and O–H groups in total. The number of carbonyl (C=O) groups is 2. The number of aliphatic imine (C=N–C) groups is 1. The predicted molar refractivity (Wildman–Crippen MR) is 144 cm³/mol. The van der Waals surface area contributed by atoms with Crippen LogP contribution in [0, 0.1) is 11.8 Å². The molecule has 0 bridgehead atoms. The SMILES string of the molecule is CCC1(CC)CC(=O)N(CC2CC2C(=O)NC2CC(C)(C)Oc3ccccc32)C(N)=N1.c1ccncc1. The van der Waals surface area contributed by atoms with Crippen molar-refractivity contribution in [2.75, 3.05) is 6.54 Å². The minimum atomic E-state index is -0.374. The molecule has 3 aliphatic rings. The van der Waals surface area contributed by atoms with Crippen LogP contribution in [-0.2, 0) is 9.59 Å². The average Bonchev–Trinajstić information content (AvgIpc) is 3.66. The van der Waals surface area contributed by atoms with Crippen molar-refractivity contribution in [3.63, 3.8) is 0 Å². The Kier molecular flexibility index (Phi) is 7.85. The number of carbonyl (C=O) groups excluding carboxylic acids is 2. The zero-order valence-electron chi connectivity index (χ0n) is 22.3. The van der Waals surface area contributed by atoms with Gasteiger partial charge in [-0.1, -0.05) is 38.1 Å². The first-order valence-electron chi connectivity index (χ1n) is 13.3. The van der Waals surface area contributed by atoms with Gasteiger partial charge in [0, 0.05) is 36.8 Å². The second-order valence-corrected chi connectivity index (χ2v) is 10.9. The first-order valence-corrected chi connectivity index (χ1v) is 13.3. The Morgan fingerprint density at radius 2 is 1.84 bits per heavy atom. The van der Waals surface area contributed by atoms with Gasteiger partial charge in [-0.15, -0.1) is 0 Å². The fourth-order valence-corrected chi connectivity index (χ4v) is 5.23. The van der Waals surface area contributed by atoms with E-state index in [0.717, 1.165) is 30.6 Å². The van der Waals surface area contributed by atoms with E-state index >= 15 is 0 Å². The molecule has 198 valence electrons. The Morgan fingerprint density at radius 1 is 1.14 bits per heavy atom. The molecule has 0 saturated heterocycles. The third-order valence-electron chi connectivity index (χ3n) is 7.66. The molecule has 5 rings (SSSR count). The summed E-state index contributed by atoms with van der Waals surface area (Å²) in [5.41, 5.74) is 6.47. The monoisotopic (exact) mass is 505 g/mol. The molecule has 1 aliphatic carbocycles. The minimum Gasteiger partial charge on any atom is -0.487 e. The van der Waals surface area contributed by atoms with Gasteiger partial charge in [0.15, 0.2) is 5.96 Å². The van der Waals surface area contributed by atoms with E-state index in [1.807, 2.05) is 70.2 Å². The van der Waals surface area contributed by atoms with Crippen LogP contribution < -0.4 is 15.8 Å². The Labute approximate surface area is 219 Å². The number of nitrogens with one attached hydrogen (secondary N) is 1. The fourth-order valence-electron chi connectivity index (χ4n) is 5.23. The summed E-state index contributed by atoms with van der Waals surface area (Å²) in [6, 6.07) is 13.5. The highest BCUT2D eigenvalue weighted by Crippen LogP contribution is 2.43. The number of para-hydroxylation sites is 1. The Bertz CT molecular complexity index is 1100. The van der Waals surface area contributed by atoms with Gasteiger partial charge >= 0.3 is 0 Å². The number of pyridine rings is 1. The number of rotatable bonds is 6. The predicted octanol–water partition coefficient (Wildman–Crippen LogP) is 4.23. The van der Waals surface area contributed by atoms with Crippen LogP contribution >= 0.6 is 0 Å². The fraction of sp³-hybridized carbons (Fsp3) is 0.517. The molecule has 3 atom stereocenters. The molecule has 1 fully saturated rings. The molecule has 0 radical (unpaired) electrons. The summed E-state index contributed by atoms with van der Waals surface area (Å²) in [6.45, 7) is 8.63. The van der Waals surface area contributed by atoms with Crippen molar-refractivity contribution in [2.24, 2.45) is 22.6 Å². The zero-order chi connectivity index (χ0) is 26.6. The molecular formula is C29H39N5O3.